The number of unbranched alkanes of at least 4 members (excludes halogenated alkanes) is 3. The molecule has 0 unspecified atom stereocenters. The molecule has 2 N–H and O–H groups in total. The molecule has 3 rings (SSSR count). The van der Waals surface area contributed by atoms with Crippen molar-refractivity contribution >= 4 is 22.4 Å². The van der Waals surface area contributed by atoms with Crippen molar-refractivity contribution in [2.75, 3.05) is 25.0 Å². The van der Waals surface area contributed by atoms with Crippen molar-refractivity contribution in [3.05, 3.63) is 23.7 Å². The van der Waals surface area contributed by atoms with E-state index in [1.165, 1.54) is 19.3 Å². The Morgan fingerprint density at radius 1 is 1.32 bits per heavy atom. The second kappa shape index (κ2) is 9.36. The topological polar surface area (TPSA) is 71.4 Å². The molecule has 0 saturated carbocycles. The highest BCUT2D eigenvalue weighted by atomic mass is 32.1. The lowest BCUT2D eigenvalue weighted by atomic mass is 10.2. The van der Waals surface area contributed by atoms with Crippen molar-refractivity contribution in [2.45, 2.75) is 39.0 Å². The third-order valence-corrected chi connectivity index (χ3v) is 4.67. The van der Waals surface area contributed by atoms with Crippen molar-refractivity contribution in [1.82, 2.24) is 15.3 Å². The summed E-state index contributed by atoms with van der Waals surface area (Å²) in [7, 11) is 0. The molecule has 3 heterocycles. The molecule has 0 bridgehead atoms. The van der Waals surface area contributed by atoms with Gasteiger partial charge in [0, 0.05) is 24.7 Å². The lowest BCUT2D eigenvalue weighted by Crippen LogP contribution is -2.35. The number of aromatic nitrogens is 2. The number of guanidine groups is 1. The maximum absolute atomic E-state index is 5.89. The monoisotopic (exact) mass is 359 g/mol. The Hall–Kier alpha value is -2.15. The Kier molecular flexibility index (Phi) is 6.62. The van der Waals surface area contributed by atoms with E-state index in [2.05, 4.69) is 32.5 Å². The summed E-state index contributed by atoms with van der Waals surface area (Å²) < 4.78 is 5.89. The van der Waals surface area contributed by atoms with Crippen LogP contribution in [0.3, 0.4) is 0 Å². The van der Waals surface area contributed by atoms with Gasteiger partial charge in [-0.3, -0.25) is 4.99 Å². The van der Waals surface area contributed by atoms with Gasteiger partial charge in [0.25, 0.3) is 0 Å². The number of nitrogens with zero attached hydrogens (tertiary/aromatic N) is 3. The molecule has 25 heavy (non-hydrogen) atoms. The average Bonchev–Trinajstić information content (AvgIpc) is 3.11. The first-order valence-electron chi connectivity index (χ1n) is 8.96. The number of nitrogens with one attached hydrogen (secondary N) is 2. The van der Waals surface area contributed by atoms with Crippen molar-refractivity contribution in [3.8, 4) is 17.1 Å². The van der Waals surface area contributed by atoms with E-state index in [1.807, 2.05) is 17.5 Å². The van der Waals surface area contributed by atoms with Gasteiger partial charge in [-0.15, -0.1) is 11.3 Å². The minimum Gasteiger partial charge on any atom is -0.477 e. The lowest BCUT2D eigenvalue weighted by Gasteiger charge is -2.14. The van der Waals surface area contributed by atoms with E-state index in [9.17, 15) is 0 Å². The molecule has 0 spiro atoms. The van der Waals surface area contributed by atoms with Crippen LogP contribution < -0.4 is 15.4 Å². The third-order valence-electron chi connectivity index (χ3n) is 3.91. The molecule has 0 saturated heterocycles. The first kappa shape index (κ1) is 17.7. The number of aliphatic imine (C=N–C) groups is 1. The first-order valence-corrected chi connectivity index (χ1v) is 9.84. The zero-order valence-corrected chi connectivity index (χ0v) is 15.4. The van der Waals surface area contributed by atoms with Crippen molar-refractivity contribution in [2.24, 2.45) is 4.99 Å². The molecule has 0 atom stereocenters. The van der Waals surface area contributed by atoms with Crippen LogP contribution in [-0.4, -0.2) is 35.6 Å². The van der Waals surface area contributed by atoms with E-state index >= 15 is 0 Å². The van der Waals surface area contributed by atoms with Crippen LogP contribution in [0.2, 0.25) is 0 Å². The summed E-state index contributed by atoms with van der Waals surface area (Å²) in [4.78, 5) is 13.5. The fourth-order valence-corrected chi connectivity index (χ4v) is 3.28. The lowest BCUT2D eigenvalue weighted by molar-refractivity contribution is 0.295. The molecule has 1 aliphatic rings. The largest absolute Gasteiger partial charge is 0.477 e. The molecule has 2 aromatic heterocycles. The number of ether oxygens (including phenoxy) is 1. The summed E-state index contributed by atoms with van der Waals surface area (Å²) in [6.07, 6.45) is 7.55. The molecule has 6 nitrogen and oxygen atoms in total. The van der Waals surface area contributed by atoms with Crippen molar-refractivity contribution in [1.29, 1.82) is 0 Å². The van der Waals surface area contributed by atoms with Gasteiger partial charge in [-0.1, -0.05) is 26.2 Å². The van der Waals surface area contributed by atoms with Gasteiger partial charge in [0.2, 0.25) is 5.88 Å². The summed E-state index contributed by atoms with van der Waals surface area (Å²) in [6, 6.07) is 3.92. The van der Waals surface area contributed by atoms with Crippen LogP contribution in [0, 0.1) is 0 Å². The summed E-state index contributed by atoms with van der Waals surface area (Å²) in [5.41, 5.74) is 1.81. The number of thiazole rings is 1. The first-order chi connectivity index (χ1) is 12.4. The number of rotatable bonds is 8. The summed E-state index contributed by atoms with van der Waals surface area (Å²) >= 11 is 1.56. The van der Waals surface area contributed by atoms with Gasteiger partial charge in [0.1, 0.15) is 0 Å². The van der Waals surface area contributed by atoms with Gasteiger partial charge in [-0.25, -0.2) is 9.97 Å². The van der Waals surface area contributed by atoms with Crippen LogP contribution in [0.4, 0.5) is 5.13 Å². The highest BCUT2D eigenvalue weighted by Crippen LogP contribution is 2.30. The van der Waals surface area contributed by atoms with E-state index in [-0.39, 0.29) is 0 Å². The predicted molar refractivity (Wildman–Crippen MR) is 104 cm³/mol. The number of anilines is 1. The highest BCUT2D eigenvalue weighted by Gasteiger charge is 2.13. The van der Waals surface area contributed by atoms with Gasteiger partial charge < -0.3 is 15.4 Å². The summed E-state index contributed by atoms with van der Waals surface area (Å²) in [5, 5.41) is 9.32. The zero-order valence-electron chi connectivity index (χ0n) is 14.6. The molecular weight excluding hydrogens is 334 g/mol. The molecule has 1 aliphatic heterocycles. The molecule has 134 valence electrons. The number of hydrogen-bond acceptors (Lipinski definition) is 7. The van der Waals surface area contributed by atoms with Crippen molar-refractivity contribution < 1.29 is 4.74 Å². The Labute approximate surface area is 152 Å². The molecule has 0 fully saturated rings. The maximum Gasteiger partial charge on any atom is 0.222 e. The molecule has 0 aromatic carbocycles. The Bertz CT molecular complexity index is 700. The second-order valence-corrected chi connectivity index (χ2v) is 6.80. The van der Waals surface area contributed by atoms with E-state index in [0.717, 1.165) is 48.3 Å². The summed E-state index contributed by atoms with van der Waals surface area (Å²) in [5.74, 6) is 1.45. The van der Waals surface area contributed by atoms with E-state index in [4.69, 9.17) is 4.74 Å². The van der Waals surface area contributed by atoms with E-state index in [0.29, 0.717) is 12.5 Å². The van der Waals surface area contributed by atoms with Gasteiger partial charge in [-0.2, -0.15) is 0 Å². The van der Waals surface area contributed by atoms with Crippen LogP contribution in [0.5, 0.6) is 5.88 Å². The quantitative estimate of drug-likeness (QED) is 0.699. The molecular formula is C18H25N5OS. The SMILES string of the molecule is CCCCCCOc1ncccc1-c1csc(NC2=NCCCN2)n1. The Morgan fingerprint density at radius 2 is 2.28 bits per heavy atom. The molecule has 7 heteroatoms. The van der Waals surface area contributed by atoms with Gasteiger partial charge in [0.15, 0.2) is 11.1 Å². The smallest absolute Gasteiger partial charge is 0.222 e. The van der Waals surface area contributed by atoms with Gasteiger partial charge >= 0.3 is 0 Å². The van der Waals surface area contributed by atoms with Gasteiger partial charge in [0.05, 0.1) is 17.9 Å². The maximum atomic E-state index is 5.89. The predicted octanol–water partition coefficient (Wildman–Crippen LogP) is 3.93. The Balaban J connectivity index is 1.64. The Morgan fingerprint density at radius 3 is 3.12 bits per heavy atom. The molecule has 0 aliphatic carbocycles. The normalized spacial score (nSPS) is 13.9. The fourth-order valence-electron chi connectivity index (χ4n) is 2.57. The average molecular weight is 359 g/mol. The minimum absolute atomic E-state index is 0.656. The van der Waals surface area contributed by atoms with Crippen molar-refractivity contribution in [3.63, 3.8) is 0 Å². The van der Waals surface area contributed by atoms with Crippen LogP contribution in [0.15, 0.2) is 28.7 Å². The van der Waals surface area contributed by atoms with E-state index < -0.39 is 0 Å². The highest BCUT2D eigenvalue weighted by molar-refractivity contribution is 7.14. The van der Waals surface area contributed by atoms with Crippen LogP contribution in [0.1, 0.15) is 39.0 Å². The fraction of sp³-hybridized carbons (Fsp3) is 0.500. The van der Waals surface area contributed by atoms with Crippen LogP contribution >= 0.6 is 11.3 Å². The standard InChI is InChI=1S/C18H25N5OS/c1-2-3-4-5-12-24-16-14(8-6-9-19-16)15-13-25-18(22-15)23-17-20-10-7-11-21-17/h6,8-9,13H,2-5,7,10-12H2,1H3,(H2,20,21,22,23). The molecule has 0 radical (unpaired) electrons. The zero-order chi connectivity index (χ0) is 17.3. The molecule has 0 amide bonds. The number of hydrogen-bond donors (Lipinski definition) is 2. The van der Waals surface area contributed by atoms with Crippen LogP contribution in [0.25, 0.3) is 11.3 Å². The third kappa shape index (κ3) is 5.16. The minimum atomic E-state index is 0.656. The second-order valence-electron chi connectivity index (χ2n) is 5.94. The van der Waals surface area contributed by atoms with Crippen LogP contribution in [-0.2, 0) is 0 Å². The van der Waals surface area contributed by atoms with Gasteiger partial charge in [-0.05, 0) is 25.0 Å². The molecule has 2 aromatic rings. The van der Waals surface area contributed by atoms with E-state index in [1.54, 1.807) is 17.5 Å². The summed E-state index contributed by atoms with van der Waals surface area (Å²) in [6.45, 7) is 4.70. The number of pyridine rings is 1.